The number of rotatable bonds is 2. The predicted molar refractivity (Wildman–Crippen MR) is 38.6 cm³/mol. The van der Waals surface area contributed by atoms with Gasteiger partial charge in [0, 0.05) is 6.42 Å². The van der Waals surface area contributed by atoms with Gasteiger partial charge in [-0.3, -0.25) is 4.79 Å². The Balaban J connectivity index is 2.56. The molecule has 0 spiro atoms. The fourth-order valence-corrected chi connectivity index (χ4v) is 1.08. The Hall–Kier alpha value is -1.05. The smallest absolute Gasteiger partial charge is 0.197 e. The van der Waals surface area contributed by atoms with E-state index in [9.17, 15) is 4.79 Å². The molecule has 0 aromatic heterocycles. The Kier molecular flexibility index (Phi) is 1.90. The molecule has 54 valence electrons. The van der Waals surface area contributed by atoms with E-state index in [0.717, 1.165) is 6.42 Å². The molecule has 0 aromatic carbocycles. The van der Waals surface area contributed by atoms with E-state index in [2.05, 4.69) is 6.58 Å². The zero-order chi connectivity index (χ0) is 7.56. The molecular weight excluding hydrogens is 128 g/mol. The van der Waals surface area contributed by atoms with E-state index in [1.165, 1.54) is 0 Å². The molecule has 10 heavy (non-hydrogen) atoms. The van der Waals surface area contributed by atoms with Crippen molar-refractivity contribution >= 4 is 5.78 Å². The molecule has 1 atom stereocenters. The summed E-state index contributed by atoms with van der Waals surface area (Å²) in [6.07, 6.45) is 4.57. The normalized spacial score (nSPS) is 24.6. The molecule has 0 aliphatic heterocycles. The lowest BCUT2D eigenvalue weighted by molar-refractivity contribution is -0.117. The van der Waals surface area contributed by atoms with Crippen LogP contribution in [-0.4, -0.2) is 10.9 Å². The van der Waals surface area contributed by atoms with Crippen LogP contribution in [0.1, 0.15) is 12.8 Å². The quantitative estimate of drug-likeness (QED) is 0.588. The van der Waals surface area contributed by atoms with Gasteiger partial charge in [-0.1, -0.05) is 6.08 Å². The number of carbonyl (C=O) groups excluding carboxylic acids is 1. The third-order valence-electron chi connectivity index (χ3n) is 1.60. The Labute approximate surface area is 59.9 Å². The molecule has 0 saturated heterocycles. The van der Waals surface area contributed by atoms with Crippen molar-refractivity contribution in [3.63, 3.8) is 0 Å². The maximum atomic E-state index is 10.7. The highest BCUT2D eigenvalue weighted by atomic mass is 16.3. The molecule has 1 unspecified atom stereocenters. The van der Waals surface area contributed by atoms with Crippen molar-refractivity contribution in [3.05, 3.63) is 24.5 Å². The first kappa shape index (κ1) is 7.06. The van der Waals surface area contributed by atoms with Crippen LogP contribution in [0.3, 0.4) is 0 Å². The summed E-state index contributed by atoms with van der Waals surface area (Å²) < 4.78 is 0. The molecule has 0 aromatic rings. The number of hydrogen-bond donors (Lipinski definition) is 1. The summed E-state index contributed by atoms with van der Waals surface area (Å²) in [5.41, 5.74) is 0. The molecular formula is C8H10O2. The summed E-state index contributed by atoms with van der Waals surface area (Å²) in [4.78, 5) is 10.7. The third-order valence-corrected chi connectivity index (χ3v) is 1.60. The molecule has 1 aliphatic rings. The number of aliphatic hydroxyl groups is 1. The second kappa shape index (κ2) is 2.69. The molecule has 2 nitrogen and oxygen atoms in total. The Morgan fingerprint density at radius 3 is 3.00 bits per heavy atom. The van der Waals surface area contributed by atoms with E-state index in [0.29, 0.717) is 6.42 Å². The van der Waals surface area contributed by atoms with Crippen LogP contribution in [0.25, 0.3) is 0 Å². The molecule has 0 bridgehead atoms. The van der Waals surface area contributed by atoms with Crippen LogP contribution < -0.4 is 0 Å². The van der Waals surface area contributed by atoms with Crippen molar-refractivity contribution in [1.82, 2.24) is 0 Å². The number of ketones is 1. The van der Waals surface area contributed by atoms with Crippen molar-refractivity contribution in [2.24, 2.45) is 5.92 Å². The molecule has 0 amide bonds. The van der Waals surface area contributed by atoms with Gasteiger partial charge in [-0.2, -0.15) is 0 Å². The van der Waals surface area contributed by atoms with Gasteiger partial charge in [-0.25, -0.2) is 0 Å². The van der Waals surface area contributed by atoms with E-state index in [1.54, 1.807) is 12.2 Å². The van der Waals surface area contributed by atoms with Crippen molar-refractivity contribution in [2.45, 2.75) is 12.8 Å². The summed E-state index contributed by atoms with van der Waals surface area (Å²) in [6.45, 7) is 3.55. The fourth-order valence-electron chi connectivity index (χ4n) is 1.08. The maximum absolute atomic E-state index is 10.7. The molecule has 0 fully saturated rings. The number of Topliss-reactive ketones (excluding diaryl/α,β-unsaturated/α-hetero) is 1. The van der Waals surface area contributed by atoms with Gasteiger partial charge in [0.15, 0.2) is 11.5 Å². The highest BCUT2D eigenvalue weighted by Crippen LogP contribution is 2.21. The average Bonchev–Trinajstić information content (AvgIpc) is 2.14. The fraction of sp³-hybridized carbons (Fsp3) is 0.375. The minimum atomic E-state index is -0.146. The number of carbonyl (C=O) groups is 1. The SMILES string of the molecule is C=CCC1C=C(O)C(=O)C1. The summed E-state index contributed by atoms with van der Waals surface area (Å²) >= 11 is 0. The summed E-state index contributed by atoms with van der Waals surface area (Å²) in [7, 11) is 0. The molecule has 0 saturated carbocycles. The van der Waals surface area contributed by atoms with Crippen molar-refractivity contribution < 1.29 is 9.90 Å². The summed E-state index contributed by atoms with van der Waals surface area (Å²) in [6, 6.07) is 0. The van der Waals surface area contributed by atoms with Crippen LogP contribution in [0, 0.1) is 5.92 Å². The zero-order valence-corrected chi connectivity index (χ0v) is 5.71. The van der Waals surface area contributed by atoms with Gasteiger partial charge in [0.25, 0.3) is 0 Å². The molecule has 1 aliphatic carbocycles. The van der Waals surface area contributed by atoms with Gasteiger partial charge in [0.1, 0.15) is 0 Å². The Morgan fingerprint density at radius 1 is 1.90 bits per heavy atom. The second-order valence-corrected chi connectivity index (χ2v) is 2.46. The maximum Gasteiger partial charge on any atom is 0.197 e. The van der Waals surface area contributed by atoms with Gasteiger partial charge in [-0.05, 0) is 18.4 Å². The second-order valence-electron chi connectivity index (χ2n) is 2.46. The first-order chi connectivity index (χ1) is 4.74. The number of aliphatic hydroxyl groups excluding tert-OH is 1. The molecule has 2 heteroatoms. The number of allylic oxidation sites excluding steroid dienone is 3. The van der Waals surface area contributed by atoms with E-state index >= 15 is 0 Å². The molecule has 0 radical (unpaired) electrons. The highest BCUT2D eigenvalue weighted by Gasteiger charge is 2.21. The standard InChI is InChI=1S/C8H10O2/c1-2-3-6-4-7(9)8(10)5-6/h2,4,6,9H,1,3,5H2. The minimum absolute atomic E-state index is 0.0770. The van der Waals surface area contributed by atoms with Gasteiger partial charge in [-0.15, -0.1) is 6.58 Å². The van der Waals surface area contributed by atoms with Crippen LogP contribution in [-0.2, 0) is 4.79 Å². The lowest BCUT2D eigenvalue weighted by Crippen LogP contribution is -1.96. The van der Waals surface area contributed by atoms with Crippen LogP contribution in [0.5, 0.6) is 0 Å². The largest absolute Gasteiger partial charge is 0.505 e. The monoisotopic (exact) mass is 138 g/mol. The Bertz CT molecular complexity index is 191. The summed E-state index contributed by atoms with van der Waals surface area (Å²) in [5.74, 6) is -0.0382. The van der Waals surface area contributed by atoms with Crippen LogP contribution in [0.4, 0.5) is 0 Å². The highest BCUT2D eigenvalue weighted by molar-refractivity contribution is 5.95. The van der Waals surface area contributed by atoms with Crippen molar-refractivity contribution in [2.75, 3.05) is 0 Å². The average molecular weight is 138 g/mol. The molecule has 1 rings (SSSR count). The van der Waals surface area contributed by atoms with E-state index < -0.39 is 0 Å². The van der Waals surface area contributed by atoms with E-state index in [1.807, 2.05) is 0 Å². The molecule has 1 N–H and O–H groups in total. The minimum Gasteiger partial charge on any atom is -0.505 e. The number of hydrogen-bond acceptors (Lipinski definition) is 2. The first-order valence-corrected chi connectivity index (χ1v) is 3.29. The van der Waals surface area contributed by atoms with Gasteiger partial charge >= 0.3 is 0 Å². The van der Waals surface area contributed by atoms with Crippen molar-refractivity contribution in [3.8, 4) is 0 Å². The summed E-state index contributed by atoms with van der Waals surface area (Å²) in [5, 5.41) is 8.87. The first-order valence-electron chi connectivity index (χ1n) is 3.29. The zero-order valence-electron chi connectivity index (χ0n) is 5.71. The lowest BCUT2D eigenvalue weighted by Gasteiger charge is -1.97. The lowest BCUT2D eigenvalue weighted by atomic mass is 10.1. The van der Waals surface area contributed by atoms with E-state index in [4.69, 9.17) is 5.11 Å². The predicted octanol–water partition coefficient (Wildman–Crippen LogP) is 1.59. The van der Waals surface area contributed by atoms with Crippen molar-refractivity contribution in [1.29, 1.82) is 0 Å². The Morgan fingerprint density at radius 2 is 2.60 bits per heavy atom. The molecule has 0 heterocycles. The van der Waals surface area contributed by atoms with Gasteiger partial charge in [0.05, 0.1) is 0 Å². The topological polar surface area (TPSA) is 37.3 Å². The van der Waals surface area contributed by atoms with Crippen LogP contribution >= 0.6 is 0 Å². The van der Waals surface area contributed by atoms with Gasteiger partial charge in [0.2, 0.25) is 0 Å². The van der Waals surface area contributed by atoms with Crippen LogP contribution in [0.2, 0.25) is 0 Å². The third kappa shape index (κ3) is 1.26. The van der Waals surface area contributed by atoms with Gasteiger partial charge < -0.3 is 5.11 Å². The van der Waals surface area contributed by atoms with Crippen LogP contribution in [0.15, 0.2) is 24.5 Å². The van der Waals surface area contributed by atoms with E-state index in [-0.39, 0.29) is 17.5 Å².